The SMILES string of the molecule is CCN(C(=O)Nc1ccc(C)cc1Br)c1ccccc1. The van der Waals surface area contributed by atoms with E-state index in [9.17, 15) is 4.79 Å². The van der Waals surface area contributed by atoms with Gasteiger partial charge >= 0.3 is 6.03 Å². The topological polar surface area (TPSA) is 32.3 Å². The minimum absolute atomic E-state index is 0.136. The molecular weight excluding hydrogens is 316 g/mol. The second-order valence-electron chi connectivity index (χ2n) is 4.49. The van der Waals surface area contributed by atoms with Gasteiger partial charge in [-0.25, -0.2) is 4.79 Å². The van der Waals surface area contributed by atoms with E-state index in [1.54, 1.807) is 4.90 Å². The first-order valence-corrected chi connectivity index (χ1v) is 7.31. The van der Waals surface area contributed by atoms with Gasteiger partial charge in [0.05, 0.1) is 5.69 Å². The third-order valence-electron chi connectivity index (χ3n) is 3.00. The van der Waals surface area contributed by atoms with E-state index in [0.29, 0.717) is 6.54 Å². The summed E-state index contributed by atoms with van der Waals surface area (Å²) in [5.41, 5.74) is 2.80. The van der Waals surface area contributed by atoms with Crippen LogP contribution in [0.15, 0.2) is 53.0 Å². The minimum atomic E-state index is -0.136. The zero-order valence-corrected chi connectivity index (χ0v) is 13.1. The third-order valence-corrected chi connectivity index (χ3v) is 3.65. The van der Waals surface area contributed by atoms with Crippen molar-refractivity contribution in [2.75, 3.05) is 16.8 Å². The molecule has 0 atom stereocenters. The number of nitrogens with one attached hydrogen (secondary N) is 1. The van der Waals surface area contributed by atoms with Gasteiger partial charge in [-0.15, -0.1) is 0 Å². The number of hydrogen-bond acceptors (Lipinski definition) is 1. The second-order valence-corrected chi connectivity index (χ2v) is 5.35. The molecule has 2 aromatic rings. The molecule has 0 saturated carbocycles. The Kier molecular flexibility index (Phi) is 4.79. The summed E-state index contributed by atoms with van der Waals surface area (Å²) in [7, 11) is 0. The number of anilines is 2. The fourth-order valence-corrected chi connectivity index (χ4v) is 2.55. The fourth-order valence-electron chi connectivity index (χ4n) is 1.96. The molecule has 2 amide bonds. The summed E-state index contributed by atoms with van der Waals surface area (Å²) in [6.45, 7) is 4.58. The molecule has 0 radical (unpaired) electrons. The van der Waals surface area contributed by atoms with Crippen molar-refractivity contribution >= 4 is 33.3 Å². The summed E-state index contributed by atoms with van der Waals surface area (Å²) in [6, 6.07) is 15.3. The highest BCUT2D eigenvalue weighted by Crippen LogP contribution is 2.24. The summed E-state index contributed by atoms with van der Waals surface area (Å²) in [4.78, 5) is 14.1. The van der Waals surface area contributed by atoms with Gasteiger partial charge in [-0.1, -0.05) is 24.3 Å². The number of carbonyl (C=O) groups excluding carboxylic acids is 1. The number of rotatable bonds is 3. The second kappa shape index (κ2) is 6.57. The van der Waals surface area contributed by atoms with Crippen LogP contribution in [0.25, 0.3) is 0 Å². The Morgan fingerprint density at radius 3 is 2.50 bits per heavy atom. The molecule has 0 aromatic heterocycles. The van der Waals surface area contributed by atoms with Crippen molar-refractivity contribution < 1.29 is 4.79 Å². The van der Waals surface area contributed by atoms with E-state index < -0.39 is 0 Å². The number of urea groups is 1. The van der Waals surface area contributed by atoms with Crippen molar-refractivity contribution in [3.8, 4) is 0 Å². The molecule has 0 saturated heterocycles. The average molecular weight is 333 g/mol. The summed E-state index contributed by atoms with van der Waals surface area (Å²) >= 11 is 3.47. The molecule has 1 N–H and O–H groups in total. The largest absolute Gasteiger partial charge is 0.326 e. The number of hydrogen-bond donors (Lipinski definition) is 1. The van der Waals surface area contributed by atoms with Gasteiger partial charge in [0.15, 0.2) is 0 Å². The smallest absolute Gasteiger partial charge is 0.306 e. The van der Waals surface area contributed by atoms with E-state index in [1.807, 2.05) is 62.4 Å². The van der Waals surface area contributed by atoms with Crippen molar-refractivity contribution in [1.29, 1.82) is 0 Å². The molecule has 0 bridgehead atoms. The molecule has 0 heterocycles. The Morgan fingerprint density at radius 2 is 1.90 bits per heavy atom. The molecule has 0 aliphatic heterocycles. The van der Waals surface area contributed by atoms with E-state index in [1.165, 1.54) is 0 Å². The highest BCUT2D eigenvalue weighted by atomic mass is 79.9. The summed E-state index contributed by atoms with van der Waals surface area (Å²) in [5, 5.41) is 2.93. The Balaban J connectivity index is 2.18. The van der Waals surface area contributed by atoms with Crippen LogP contribution in [-0.2, 0) is 0 Å². The van der Waals surface area contributed by atoms with Crippen LogP contribution in [0.2, 0.25) is 0 Å². The number of aryl methyl sites for hydroxylation is 1. The molecular formula is C16H17BrN2O. The molecule has 0 aliphatic rings. The molecule has 104 valence electrons. The minimum Gasteiger partial charge on any atom is -0.306 e. The van der Waals surface area contributed by atoms with E-state index in [-0.39, 0.29) is 6.03 Å². The predicted molar refractivity (Wildman–Crippen MR) is 87.4 cm³/mol. The third kappa shape index (κ3) is 3.39. The Morgan fingerprint density at radius 1 is 1.20 bits per heavy atom. The van der Waals surface area contributed by atoms with Crippen LogP contribution in [-0.4, -0.2) is 12.6 Å². The van der Waals surface area contributed by atoms with Crippen LogP contribution in [0.1, 0.15) is 12.5 Å². The maximum absolute atomic E-state index is 12.4. The maximum Gasteiger partial charge on any atom is 0.326 e. The Labute approximate surface area is 127 Å². The highest BCUT2D eigenvalue weighted by Gasteiger charge is 2.14. The molecule has 0 unspecified atom stereocenters. The van der Waals surface area contributed by atoms with Gasteiger partial charge in [-0.2, -0.15) is 0 Å². The zero-order chi connectivity index (χ0) is 14.5. The maximum atomic E-state index is 12.4. The van der Waals surface area contributed by atoms with Gasteiger partial charge < -0.3 is 5.32 Å². The van der Waals surface area contributed by atoms with Crippen molar-refractivity contribution in [3.63, 3.8) is 0 Å². The van der Waals surface area contributed by atoms with Gasteiger partial charge in [-0.3, -0.25) is 4.90 Å². The highest BCUT2D eigenvalue weighted by molar-refractivity contribution is 9.10. The quantitative estimate of drug-likeness (QED) is 0.858. The lowest BCUT2D eigenvalue weighted by molar-refractivity contribution is 0.257. The lowest BCUT2D eigenvalue weighted by Crippen LogP contribution is -2.34. The monoisotopic (exact) mass is 332 g/mol. The lowest BCUT2D eigenvalue weighted by Gasteiger charge is -2.22. The van der Waals surface area contributed by atoms with Crippen LogP contribution in [0.4, 0.5) is 16.2 Å². The van der Waals surface area contributed by atoms with E-state index in [0.717, 1.165) is 21.4 Å². The fraction of sp³-hybridized carbons (Fsp3) is 0.188. The molecule has 2 aromatic carbocycles. The molecule has 0 aliphatic carbocycles. The van der Waals surface area contributed by atoms with E-state index in [2.05, 4.69) is 21.2 Å². The summed E-state index contributed by atoms with van der Waals surface area (Å²) < 4.78 is 0.884. The van der Waals surface area contributed by atoms with Crippen LogP contribution in [0.5, 0.6) is 0 Å². The van der Waals surface area contributed by atoms with E-state index >= 15 is 0 Å². The molecule has 0 fully saturated rings. The van der Waals surface area contributed by atoms with Gasteiger partial charge in [0.1, 0.15) is 0 Å². The normalized spacial score (nSPS) is 10.2. The Hall–Kier alpha value is -1.81. The molecule has 4 heteroatoms. The number of amides is 2. The first kappa shape index (κ1) is 14.6. The van der Waals surface area contributed by atoms with Crippen molar-refractivity contribution in [2.45, 2.75) is 13.8 Å². The van der Waals surface area contributed by atoms with Crippen LogP contribution < -0.4 is 10.2 Å². The van der Waals surface area contributed by atoms with Crippen LogP contribution in [0, 0.1) is 6.92 Å². The number of halogens is 1. The lowest BCUT2D eigenvalue weighted by atomic mass is 10.2. The summed E-state index contributed by atoms with van der Waals surface area (Å²) in [6.07, 6.45) is 0. The average Bonchev–Trinajstić information content (AvgIpc) is 2.44. The van der Waals surface area contributed by atoms with Crippen LogP contribution >= 0.6 is 15.9 Å². The molecule has 0 spiro atoms. The number of benzene rings is 2. The molecule has 2 rings (SSSR count). The summed E-state index contributed by atoms with van der Waals surface area (Å²) in [5.74, 6) is 0. The molecule has 20 heavy (non-hydrogen) atoms. The first-order valence-electron chi connectivity index (χ1n) is 6.51. The number of para-hydroxylation sites is 1. The van der Waals surface area contributed by atoms with Crippen molar-refractivity contribution in [1.82, 2.24) is 0 Å². The predicted octanol–water partition coefficient (Wildman–Crippen LogP) is 4.82. The standard InChI is InChI=1S/C16H17BrN2O/c1-3-19(13-7-5-4-6-8-13)16(20)18-15-10-9-12(2)11-14(15)17/h4-11H,3H2,1-2H3,(H,18,20). The van der Waals surface area contributed by atoms with Gasteiger partial charge in [0.25, 0.3) is 0 Å². The zero-order valence-electron chi connectivity index (χ0n) is 11.6. The van der Waals surface area contributed by atoms with Crippen LogP contribution in [0.3, 0.4) is 0 Å². The number of nitrogens with zero attached hydrogens (tertiary/aromatic N) is 1. The van der Waals surface area contributed by atoms with Gasteiger partial charge in [-0.05, 0) is 59.6 Å². The first-order chi connectivity index (χ1) is 9.61. The van der Waals surface area contributed by atoms with Gasteiger partial charge in [0.2, 0.25) is 0 Å². The van der Waals surface area contributed by atoms with Gasteiger partial charge in [0, 0.05) is 16.7 Å². The molecule has 3 nitrogen and oxygen atoms in total. The van der Waals surface area contributed by atoms with Crippen molar-refractivity contribution in [2.24, 2.45) is 0 Å². The Bertz CT molecular complexity index is 599. The van der Waals surface area contributed by atoms with Crippen molar-refractivity contribution in [3.05, 3.63) is 58.6 Å². The number of carbonyl (C=O) groups is 1. The van der Waals surface area contributed by atoms with E-state index in [4.69, 9.17) is 0 Å².